The van der Waals surface area contributed by atoms with E-state index in [1.807, 2.05) is 54.6 Å². The molecule has 2 N–H and O–H groups in total. The van der Waals surface area contributed by atoms with Gasteiger partial charge in [0.05, 0.1) is 48.9 Å². The molecule has 2 fully saturated rings. The molecule has 3 aromatic rings. The van der Waals surface area contributed by atoms with Crippen molar-refractivity contribution in [3.05, 3.63) is 83.9 Å². The summed E-state index contributed by atoms with van der Waals surface area (Å²) in [5.74, 6) is -0.184. The third-order valence-corrected chi connectivity index (χ3v) is 9.15. The highest BCUT2D eigenvalue weighted by Crippen LogP contribution is 2.32. The summed E-state index contributed by atoms with van der Waals surface area (Å²) in [6, 6.07) is 23.2. The second-order valence-corrected chi connectivity index (χ2v) is 12.2. The molecule has 8 nitrogen and oxygen atoms in total. The number of nitrogens with one attached hydrogen (secondary N) is 1. The highest BCUT2D eigenvalue weighted by Gasteiger charge is 2.43. The number of sulfonamides is 1. The van der Waals surface area contributed by atoms with Crippen molar-refractivity contribution >= 4 is 33.2 Å². The van der Waals surface area contributed by atoms with Gasteiger partial charge in [-0.2, -0.15) is 4.31 Å². The molecule has 2 aliphatic heterocycles. The first-order valence-corrected chi connectivity index (χ1v) is 14.8. The maximum Gasteiger partial charge on any atom is 0.243 e. The maximum absolute atomic E-state index is 13.6. The topological polar surface area (TPSA) is 105 Å². The third-order valence-electron chi connectivity index (χ3n) is 7.03. The summed E-state index contributed by atoms with van der Waals surface area (Å²) < 4.78 is 40.3. The summed E-state index contributed by atoms with van der Waals surface area (Å²) >= 11 is 6.06. The molecule has 1 amide bonds. The van der Waals surface area contributed by atoms with Crippen LogP contribution in [0.2, 0.25) is 5.02 Å². The van der Waals surface area contributed by atoms with Crippen LogP contribution in [-0.4, -0.2) is 67.8 Å². The summed E-state index contributed by atoms with van der Waals surface area (Å²) in [6.07, 6.45) is -0.866. The molecule has 3 aromatic carbocycles. The van der Waals surface area contributed by atoms with Gasteiger partial charge in [0.1, 0.15) is 0 Å². The van der Waals surface area contributed by atoms with Crippen LogP contribution in [0.25, 0.3) is 11.1 Å². The molecule has 2 saturated heterocycles. The van der Waals surface area contributed by atoms with E-state index in [9.17, 15) is 18.3 Å². The summed E-state index contributed by atoms with van der Waals surface area (Å²) in [5.41, 5.74) is 2.85. The zero-order valence-electron chi connectivity index (χ0n) is 21.3. The molecule has 0 bridgehead atoms. The second kappa shape index (κ2) is 12.2. The van der Waals surface area contributed by atoms with Gasteiger partial charge in [-0.3, -0.25) is 4.79 Å². The van der Waals surface area contributed by atoms with Crippen molar-refractivity contribution in [2.45, 2.75) is 48.5 Å². The Morgan fingerprint density at radius 3 is 2.46 bits per heavy atom. The number of hydrogen-bond acceptors (Lipinski definition) is 6. The van der Waals surface area contributed by atoms with Crippen LogP contribution in [0, 0.1) is 0 Å². The van der Waals surface area contributed by atoms with Crippen molar-refractivity contribution in [2.75, 3.05) is 25.1 Å². The minimum Gasteiger partial charge on any atom is -0.389 e. The van der Waals surface area contributed by atoms with Crippen molar-refractivity contribution in [2.24, 2.45) is 0 Å². The lowest BCUT2D eigenvalue weighted by Crippen LogP contribution is -2.57. The number of nitrogens with zero attached hydrogens (tertiary/aromatic N) is 1. The summed E-state index contributed by atoms with van der Waals surface area (Å²) in [7, 11) is -3.96. The zero-order valence-corrected chi connectivity index (χ0v) is 22.9. The van der Waals surface area contributed by atoms with Gasteiger partial charge >= 0.3 is 0 Å². The van der Waals surface area contributed by atoms with Gasteiger partial charge in [-0.15, -0.1) is 0 Å². The molecular formula is C29H31ClN2O6S. The number of amides is 1. The summed E-state index contributed by atoms with van der Waals surface area (Å²) in [4.78, 5) is 12.9. The van der Waals surface area contributed by atoms with E-state index in [2.05, 4.69) is 5.32 Å². The van der Waals surface area contributed by atoms with Crippen LogP contribution in [0.5, 0.6) is 0 Å². The summed E-state index contributed by atoms with van der Waals surface area (Å²) in [5, 5.41) is 13.6. The lowest BCUT2D eigenvalue weighted by Gasteiger charge is -2.43. The van der Waals surface area contributed by atoms with Crippen LogP contribution < -0.4 is 5.32 Å². The van der Waals surface area contributed by atoms with Gasteiger partial charge in [0.2, 0.25) is 15.9 Å². The Balaban J connectivity index is 1.24. The molecule has 4 atom stereocenters. The van der Waals surface area contributed by atoms with Crippen molar-refractivity contribution in [1.29, 1.82) is 0 Å². The normalized spacial score (nSPS) is 24.3. The number of benzene rings is 3. The van der Waals surface area contributed by atoms with Crippen molar-refractivity contribution < 1.29 is 27.8 Å². The molecule has 2 heterocycles. The van der Waals surface area contributed by atoms with Gasteiger partial charge in [0.15, 0.2) is 0 Å². The monoisotopic (exact) mass is 570 g/mol. The van der Waals surface area contributed by atoms with Gasteiger partial charge in [0.25, 0.3) is 0 Å². The molecule has 10 heteroatoms. The highest BCUT2D eigenvalue weighted by atomic mass is 35.5. The fraction of sp³-hybridized carbons (Fsp3) is 0.345. The number of halogens is 1. The second-order valence-electron chi connectivity index (χ2n) is 9.86. The van der Waals surface area contributed by atoms with E-state index in [-0.39, 0.29) is 37.0 Å². The Hall–Kier alpha value is -2.79. The maximum atomic E-state index is 13.6. The van der Waals surface area contributed by atoms with E-state index in [0.29, 0.717) is 23.6 Å². The largest absolute Gasteiger partial charge is 0.389 e. The van der Waals surface area contributed by atoms with Crippen LogP contribution in [-0.2, 0) is 24.3 Å². The Kier molecular flexibility index (Phi) is 8.66. The van der Waals surface area contributed by atoms with E-state index >= 15 is 0 Å². The van der Waals surface area contributed by atoms with Crippen LogP contribution >= 0.6 is 11.6 Å². The van der Waals surface area contributed by atoms with Crippen molar-refractivity contribution in [1.82, 2.24) is 4.31 Å². The first-order valence-electron chi connectivity index (χ1n) is 12.9. The smallest absolute Gasteiger partial charge is 0.243 e. The number of β-amino-alcohol motifs (C(OH)–C–C–N with tert-alkyl or cyclic N) is 1. The van der Waals surface area contributed by atoms with Gasteiger partial charge in [0, 0.05) is 17.3 Å². The van der Waals surface area contributed by atoms with Gasteiger partial charge in [-0.25, -0.2) is 8.42 Å². The number of fused-ring (bicyclic) bond motifs is 1. The minimum atomic E-state index is -3.96. The predicted octanol–water partition coefficient (Wildman–Crippen LogP) is 4.33. The molecule has 2 aliphatic rings. The highest BCUT2D eigenvalue weighted by molar-refractivity contribution is 7.89. The first kappa shape index (κ1) is 27.8. The number of anilines is 1. The van der Waals surface area contributed by atoms with Gasteiger partial charge < -0.3 is 19.9 Å². The molecule has 0 radical (unpaired) electrons. The standard InChI is InChI=1S/C29H31ClN2O6S/c30-22-7-4-8-26(15-22)39(35,36)32-17-24(33)18-37-19-28-27(32)14-13-25(38-28)16-29(34)31-23-11-9-21(10-12-23)20-5-2-1-3-6-20/h1-12,15,24-25,27-28,33H,13-14,16-19H2,(H,31,34)/t24-,25+,27+,28-/m1/s1. The number of carbonyl (C=O) groups is 1. The molecule has 0 unspecified atom stereocenters. The molecular weight excluding hydrogens is 540 g/mol. The Labute approximate surface area is 233 Å². The average Bonchev–Trinajstić information content (AvgIpc) is 2.92. The lowest BCUT2D eigenvalue weighted by molar-refractivity contribution is -0.144. The van der Waals surface area contributed by atoms with Gasteiger partial charge in [-0.1, -0.05) is 60.1 Å². The van der Waals surface area contributed by atoms with E-state index in [1.54, 1.807) is 12.1 Å². The molecule has 5 rings (SSSR count). The van der Waals surface area contributed by atoms with Crippen molar-refractivity contribution in [3.8, 4) is 11.1 Å². The van der Waals surface area contributed by atoms with Crippen LogP contribution in [0.15, 0.2) is 83.8 Å². The lowest BCUT2D eigenvalue weighted by atomic mass is 9.96. The van der Waals surface area contributed by atoms with E-state index in [0.717, 1.165) is 11.1 Å². The molecule has 206 valence electrons. The van der Waals surface area contributed by atoms with Crippen LogP contribution in [0.4, 0.5) is 5.69 Å². The molecule has 0 spiro atoms. The molecule has 0 aromatic heterocycles. The number of carbonyl (C=O) groups excluding carboxylic acids is 1. The number of ether oxygens (including phenoxy) is 2. The number of hydrogen-bond donors (Lipinski definition) is 2. The Morgan fingerprint density at radius 1 is 0.974 bits per heavy atom. The fourth-order valence-electron chi connectivity index (χ4n) is 5.13. The van der Waals surface area contributed by atoms with Crippen molar-refractivity contribution in [3.63, 3.8) is 0 Å². The quantitative estimate of drug-likeness (QED) is 0.457. The zero-order chi connectivity index (χ0) is 27.4. The Morgan fingerprint density at radius 2 is 1.72 bits per heavy atom. The number of rotatable bonds is 6. The number of aliphatic hydroxyl groups is 1. The minimum absolute atomic E-state index is 0.0156. The van der Waals surface area contributed by atoms with Crippen LogP contribution in [0.1, 0.15) is 19.3 Å². The SMILES string of the molecule is O=C(C[C@@H]1CC[C@H]2[C@@H](COC[C@H](O)CN2S(=O)(=O)c2cccc(Cl)c2)O1)Nc1ccc(-c2ccccc2)cc1. The van der Waals surface area contributed by atoms with E-state index in [1.165, 1.54) is 16.4 Å². The molecule has 39 heavy (non-hydrogen) atoms. The summed E-state index contributed by atoms with van der Waals surface area (Å²) in [6.45, 7) is -0.0237. The van der Waals surface area contributed by atoms with E-state index in [4.69, 9.17) is 21.1 Å². The average molecular weight is 571 g/mol. The molecule has 0 aliphatic carbocycles. The van der Waals surface area contributed by atoms with E-state index < -0.39 is 34.4 Å². The first-order chi connectivity index (χ1) is 18.8. The van der Waals surface area contributed by atoms with Gasteiger partial charge in [-0.05, 0) is 54.3 Å². The van der Waals surface area contributed by atoms with Crippen LogP contribution in [0.3, 0.4) is 0 Å². The molecule has 0 saturated carbocycles. The predicted molar refractivity (Wildman–Crippen MR) is 149 cm³/mol. The number of aliphatic hydroxyl groups excluding tert-OH is 1. The fourth-order valence-corrected chi connectivity index (χ4v) is 7.15. The Bertz CT molecular complexity index is 1390. The third kappa shape index (κ3) is 6.69.